The molecule has 1 heterocycles. The first-order valence-corrected chi connectivity index (χ1v) is 3.65. The molecule has 0 aromatic carbocycles. The molecule has 1 amide bonds. The van der Waals surface area contributed by atoms with Crippen molar-refractivity contribution in [1.82, 2.24) is 4.90 Å². The van der Waals surface area contributed by atoms with E-state index in [2.05, 4.69) is 4.84 Å². The fourth-order valence-corrected chi connectivity index (χ4v) is 1.10. The minimum Gasteiger partial charge on any atom is -0.465 e. The summed E-state index contributed by atoms with van der Waals surface area (Å²) >= 11 is 0. The van der Waals surface area contributed by atoms with Crippen molar-refractivity contribution in [1.29, 1.82) is 0 Å². The molecule has 0 aliphatic carbocycles. The smallest absolute Gasteiger partial charge is 0.407 e. The third kappa shape index (κ3) is 2.33. The minimum atomic E-state index is -0.930. The molecule has 70 valence electrons. The van der Waals surface area contributed by atoms with Crippen LogP contribution in [0.15, 0.2) is 0 Å². The third-order valence-electron chi connectivity index (χ3n) is 1.69. The van der Waals surface area contributed by atoms with Crippen LogP contribution in [0.4, 0.5) is 4.79 Å². The van der Waals surface area contributed by atoms with Gasteiger partial charge in [-0.2, -0.15) is 0 Å². The van der Waals surface area contributed by atoms with Crippen LogP contribution >= 0.6 is 0 Å². The average Bonchev–Trinajstić information content (AvgIpc) is 2.05. The van der Waals surface area contributed by atoms with Gasteiger partial charge in [0.1, 0.15) is 6.10 Å². The molecule has 1 fully saturated rings. The van der Waals surface area contributed by atoms with E-state index in [0.717, 1.165) is 0 Å². The second kappa shape index (κ2) is 4.24. The highest BCUT2D eigenvalue weighted by Gasteiger charge is 2.23. The van der Waals surface area contributed by atoms with E-state index in [1.165, 1.54) is 4.90 Å². The van der Waals surface area contributed by atoms with Gasteiger partial charge in [-0.15, -0.1) is 0 Å². The van der Waals surface area contributed by atoms with Crippen molar-refractivity contribution in [2.75, 3.05) is 26.3 Å². The summed E-state index contributed by atoms with van der Waals surface area (Å²) in [5, 5.41) is 8.62. The summed E-state index contributed by atoms with van der Waals surface area (Å²) < 4.78 is 5.19. The van der Waals surface area contributed by atoms with Crippen LogP contribution in [0.25, 0.3) is 0 Å². The maximum Gasteiger partial charge on any atom is 0.407 e. The summed E-state index contributed by atoms with van der Waals surface area (Å²) in [5.41, 5.74) is 0. The molecule has 0 aromatic rings. The molecule has 0 saturated carbocycles. The fraction of sp³-hybridized carbons (Fsp3) is 0.833. The van der Waals surface area contributed by atoms with E-state index in [0.29, 0.717) is 19.7 Å². The lowest BCUT2D eigenvalue weighted by Gasteiger charge is -2.30. The zero-order valence-corrected chi connectivity index (χ0v) is 6.60. The monoisotopic (exact) mass is 176 g/mol. The lowest BCUT2D eigenvalue weighted by Crippen LogP contribution is -2.46. The van der Waals surface area contributed by atoms with E-state index < -0.39 is 6.09 Å². The minimum absolute atomic E-state index is 0.226. The zero-order valence-electron chi connectivity index (χ0n) is 6.60. The molecule has 1 unspecified atom stereocenters. The highest BCUT2D eigenvalue weighted by atomic mass is 16.6. The van der Waals surface area contributed by atoms with Gasteiger partial charge in [0.2, 0.25) is 0 Å². The highest BCUT2D eigenvalue weighted by molar-refractivity contribution is 5.65. The summed E-state index contributed by atoms with van der Waals surface area (Å²) in [4.78, 5) is 16.2. The summed E-state index contributed by atoms with van der Waals surface area (Å²) in [6, 6.07) is 0. The molecule has 1 aliphatic heterocycles. The number of nitrogens with two attached hydrogens (primary N) is 1. The normalized spacial score (nSPS) is 24.1. The molecule has 12 heavy (non-hydrogen) atoms. The molecule has 0 spiro atoms. The Balaban J connectivity index is 2.35. The summed E-state index contributed by atoms with van der Waals surface area (Å²) in [6.45, 7) is 1.37. The van der Waals surface area contributed by atoms with Crippen LogP contribution in [0.2, 0.25) is 0 Å². The number of hydrogen-bond acceptors (Lipinski definition) is 4. The summed E-state index contributed by atoms with van der Waals surface area (Å²) in [7, 11) is 0. The predicted molar refractivity (Wildman–Crippen MR) is 39.5 cm³/mol. The van der Waals surface area contributed by atoms with Crippen molar-refractivity contribution in [3.8, 4) is 0 Å². The molecule has 1 rings (SSSR count). The lowest BCUT2D eigenvalue weighted by atomic mass is 10.3. The van der Waals surface area contributed by atoms with Crippen molar-refractivity contribution in [2.45, 2.75) is 6.10 Å². The van der Waals surface area contributed by atoms with Crippen molar-refractivity contribution in [2.24, 2.45) is 5.90 Å². The number of ether oxygens (including phenoxy) is 1. The Morgan fingerprint density at radius 3 is 3.17 bits per heavy atom. The van der Waals surface area contributed by atoms with Gasteiger partial charge in [0.05, 0.1) is 19.8 Å². The number of nitrogens with zero attached hydrogens (tertiary/aromatic N) is 1. The number of amides is 1. The van der Waals surface area contributed by atoms with Gasteiger partial charge in [-0.25, -0.2) is 10.7 Å². The van der Waals surface area contributed by atoms with Gasteiger partial charge in [0.15, 0.2) is 0 Å². The van der Waals surface area contributed by atoms with Gasteiger partial charge in [0, 0.05) is 6.54 Å². The molecule has 6 nitrogen and oxygen atoms in total. The molecule has 1 saturated heterocycles. The van der Waals surface area contributed by atoms with Crippen LogP contribution in [0.5, 0.6) is 0 Å². The van der Waals surface area contributed by atoms with Crippen molar-refractivity contribution in [3.05, 3.63) is 0 Å². The van der Waals surface area contributed by atoms with E-state index in [1.807, 2.05) is 0 Å². The molecule has 0 aromatic heterocycles. The Kier molecular flexibility index (Phi) is 3.27. The first kappa shape index (κ1) is 9.24. The Bertz CT molecular complexity index is 162. The van der Waals surface area contributed by atoms with E-state index in [9.17, 15) is 4.79 Å². The van der Waals surface area contributed by atoms with E-state index in [4.69, 9.17) is 15.7 Å². The molecule has 0 bridgehead atoms. The second-order valence-electron chi connectivity index (χ2n) is 2.55. The molecule has 0 radical (unpaired) electrons. The SMILES string of the molecule is NOCC1CN(C(=O)O)CCO1. The van der Waals surface area contributed by atoms with Crippen LogP contribution < -0.4 is 5.90 Å². The molecular weight excluding hydrogens is 164 g/mol. The first-order chi connectivity index (χ1) is 5.74. The Labute approximate surface area is 69.8 Å². The summed E-state index contributed by atoms with van der Waals surface area (Å²) in [6.07, 6.45) is -1.17. The van der Waals surface area contributed by atoms with Crippen LogP contribution in [0.3, 0.4) is 0 Å². The van der Waals surface area contributed by atoms with Crippen LogP contribution in [0.1, 0.15) is 0 Å². The van der Waals surface area contributed by atoms with E-state index >= 15 is 0 Å². The largest absolute Gasteiger partial charge is 0.465 e. The Hall–Kier alpha value is -0.850. The first-order valence-electron chi connectivity index (χ1n) is 3.65. The number of carboxylic acid groups (broad SMARTS) is 1. The second-order valence-corrected chi connectivity index (χ2v) is 2.55. The Morgan fingerprint density at radius 2 is 2.58 bits per heavy atom. The quantitative estimate of drug-likeness (QED) is 0.541. The maximum absolute atomic E-state index is 10.5. The van der Waals surface area contributed by atoms with E-state index in [1.54, 1.807) is 0 Å². The molecule has 6 heteroatoms. The van der Waals surface area contributed by atoms with Crippen LogP contribution in [-0.4, -0.2) is 48.5 Å². The molecular formula is C6H12N2O4. The molecule has 1 aliphatic rings. The van der Waals surface area contributed by atoms with Crippen molar-refractivity contribution >= 4 is 6.09 Å². The number of carbonyl (C=O) groups is 1. The fourth-order valence-electron chi connectivity index (χ4n) is 1.10. The number of rotatable bonds is 2. The average molecular weight is 176 g/mol. The van der Waals surface area contributed by atoms with E-state index in [-0.39, 0.29) is 12.7 Å². The van der Waals surface area contributed by atoms with Crippen LogP contribution in [0, 0.1) is 0 Å². The van der Waals surface area contributed by atoms with Gasteiger partial charge in [-0.1, -0.05) is 0 Å². The lowest BCUT2D eigenvalue weighted by molar-refractivity contribution is -0.0635. The van der Waals surface area contributed by atoms with Gasteiger partial charge in [0.25, 0.3) is 0 Å². The highest BCUT2D eigenvalue weighted by Crippen LogP contribution is 2.04. The molecule has 3 N–H and O–H groups in total. The third-order valence-corrected chi connectivity index (χ3v) is 1.69. The summed E-state index contributed by atoms with van der Waals surface area (Å²) in [5.74, 6) is 4.83. The van der Waals surface area contributed by atoms with Crippen molar-refractivity contribution < 1.29 is 19.5 Å². The standard InChI is InChI=1S/C6H12N2O4/c7-12-4-5-3-8(6(9)10)1-2-11-5/h5H,1-4,7H2,(H,9,10). The Morgan fingerprint density at radius 1 is 1.83 bits per heavy atom. The van der Waals surface area contributed by atoms with Gasteiger partial charge < -0.3 is 19.6 Å². The van der Waals surface area contributed by atoms with Crippen molar-refractivity contribution in [3.63, 3.8) is 0 Å². The number of hydrogen-bond donors (Lipinski definition) is 2. The van der Waals surface area contributed by atoms with Gasteiger partial charge >= 0.3 is 6.09 Å². The van der Waals surface area contributed by atoms with Gasteiger partial charge in [-0.05, 0) is 0 Å². The molecule has 1 atom stereocenters. The maximum atomic E-state index is 10.5. The van der Waals surface area contributed by atoms with Crippen LogP contribution in [-0.2, 0) is 9.57 Å². The predicted octanol–water partition coefficient (Wildman–Crippen LogP) is -0.745. The number of morpholine rings is 1. The topological polar surface area (TPSA) is 85.0 Å². The van der Waals surface area contributed by atoms with Gasteiger partial charge in [-0.3, -0.25) is 0 Å². The zero-order chi connectivity index (χ0) is 8.97.